The van der Waals surface area contributed by atoms with E-state index in [1.165, 1.54) is 48.8 Å². The summed E-state index contributed by atoms with van der Waals surface area (Å²) in [7, 11) is -4.21. The van der Waals surface area contributed by atoms with Crippen LogP contribution in [0.5, 0.6) is 11.5 Å². The summed E-state index contributed by atoms with van der Waals surface area (Å²) in [5, 5.41) is 5.27. The number of hydrogen-bond donors (Lipinski definition) is 3. The Hall–Kier alpha value is -4.81. The summed E-state index contributed by atoms with van der Waals surface area (Å²) >= 11 is 6.26. The van der Waals surface area contributed by atoms with Crippen LogP contribution in [0.1, 0.15) is 80.3 Å². The maximum absolute atomic E-state index is 14.0. The molecule has 5 aromatic rings. The molecule has 3 heterocycles. The van der Waals surface area contributed by atoms with Gasteiger partial charge in [0.2, 0.25) is 0 Å². The van der Waals surface area contributed by atoms with Gasteiger partial charge >= 0.3 is 0 Å². The lowest BCUT2D eigenvalue weighted by Gasteiger charge is -2.46. The van der Waals surface area contributed by atoms with Crippen molar-refractivity contribution in [2.75, 3.05) is 62.7 Å². The van der Waals surface area contributed by atoms with Crippen molar-refractivity contribution in [2.24, 2.45) is 16.7 Å². The molecule has 0 unspecified atom stereocenters. The van der Waals surface area contributed by atoms with Gasteiger partial charge in [0.15, 0.2) is 0 Å². The molecule has 4 aliphatic rings. The van der Waals surface area contributed by atoms with Crippen LogP contribution in [-0.4, -0.2) is 76.7 Å². The molecule has 1 spiro atoms. The SMILES string of the molecule is Cc1cc(S(=O)(=O)NC(=O)c2ccc(N3CCN(CC4=C(c5ccc(Cl)cc5)CC(C)(C)CC4)CC3)cc2Oc2ccc3[nH]ccc3c2)ccc1NCC1CCC2(CC1)COC2. The van der Waals surface area contributed by atoms with E-state index in [0.717, 1.165) is 98.2 Å². The second kappa shape index (κ2) is 17.4. The highest BCUT2D eigenvalue weighted by Crippen LogP contribution is 2.45. The molecule has 2 aliphatic heterocycles. The number of piperazine rings is 1. The number of halogens is 1. The number of amides is 1. The van der Waals surface area contributed by atoms with Gasteiger partial charge in [-0.05, 0) is 147 Å². The van der Waals surface area contributed by atoms with Crippen LogP contribution in [0.3, 0.4) is 0 Å². The standard InChI is InChI=1S/C50H58ClN5O5S/c1-34-26-42(10-13-45(34)53-30-35-14-19-50(20-15-35)32-60-33-50)62(58,59)54-48(57)43-11-8-40(28-47(43)61-41-9-12-46-37(27-41)17-21-52-46)56-24-22-55(23-25-56)31-38-16-18-49(2,3)29-44(38)36-4-6-39(51)7-5-36/h4-13,17,21,26-28,35,52-53H,14-16,18-20,22-25,29-33H2,1-3H3,(H,54,57). The highest BCUT2D eigenvalue weighted by Gasteiger charge is 2.41. The fourth-order valence-electron chi connectivity index (χ4n) is 9.76. The summed E-state index contributed by atoms with van der Waals surface area (Å²) in [6.07, 6.45) is 9.91. The summed E-state index contributed by atoms with van der Waals surface area (Å²) in [6, 6.07) is 26.3. The Kier molecular flexibility index (Phi) is 11.9. The number of aromatic nitrogens is 1. The Balaban J connectivity index is 0.891. The monoisotopic (exact) mass is 875 g/mol. The molecule has 1 saturated carbocycles. The third-order valence-corrected chi connectivity index (χ3v) is 15.4. The number of nitrogens with zero attached hydrogens (tertiary/aromatic N) is 2. The second-order valence-electron chi connectivity index (χ2n) is 18.9. The second-order valence-corrected chi connectivity index (χ2v) is 21.0. The number of fused-ring (bicyclic) bond motifs is 1. The number of benzene rings is 4. The summed E-state index contributed by atoms with van der Waals surface area (Å²) in [6.45, 7) is 13.5. The molecule has 1 amide bonds. The van der Waals surface area contributed by atoms with Crippen LogP contribution >= 0.6 is 11.6 Å². The Morgan fingerprint density at radius 3 is 2.42 bits per heavy atom. The van der Waals surface area contributed by atoms with Gasteiger partial charge in [-0.15, -0.1) is 0 Å². The number of sulfonamides is 1. The van der Waals surface area contributed by atoms with Gasteiger partial charge < -0.3 is 24.7 Å². The quantitative estimate of drug-likeness (QED) is 0.114. The molecule has 2 aliphatic carbocycles. The van der Waals surface area contributed by atoms with Gasteiger partial charge in [0.1, 0.15) is 11.5 Å². The van der Waals surface area contributed by atoms with Crippen LogP contribution in [0.15, 0.2) is 102 Å². The van der Waals surface area contributed by atoms with Gasteiger partial charge in [-0.3, -0.25) is 9.69 Å². The Labute approximate surface area is 371 Å². The van der Waals surface area contributed by atoms with Gasteiger partial charge in [0.25, 0.3) is 15.9 Å². The summed E-state index contributed by atoms with van der Waals surface area (Å²) in [4.78, 5) is 22.1. The molecule has 4 aromatic carbocycles. The average molecular weight is 877 g/mol. The van der Waals surface area contributed by atoms with Crippen molar-refractivity contribution in [3.63, 3.8) is 0 Å². The number of allylic oxidation sites excluding steroid dienone is 1. The number of aromatic amines is 1. The van der Waals surface area contributed by atoms with Crippen molar-refractivity contribution in [3.8, 4) is 11.5 Å². The first kappa shape index (κ1) is 42.5. The molecule has 62 heavy (non-hydrogen) atoms. The average Bonchev–Trinajstić information content (AvgIpc) is 3.72. The molecule has 9 rings (SSSR count). The molecule has 1 aromatic heterocycles. The molecule has 10 nitrogen and oxygen atoms in total. The topological polar surface area (TPSA) is 116 Å². The Morgan fingerprint density at radius 2 is 1.69 bits per heavy atom. The van der Waals surface area contributed by atoms with Crippen molar-refractivity contribution < 1.29 is 22.7 Å². The van der Waals surface area contributed by atoms with Crippen molar-refractivity contribution >= 4 is 55.4 Å². The lowest BCUT2D eigenvalue weighted by molar-refractivity contribution is -0.135. The zero-order valence-corrected chi connectivity index (χ0v) is 37.6. The maximum atomic E-state index is 14.0. The van der Waals surface area contributed by atoms with E-state index in [1.807, 2.05) is 61.7 Å². The molecule has 326 valence electrons. The molecule has 3 fully saturated rings. The number of rotatable bonds is 12. The van der Waals surface area contributed by atoms with E-state index in [9.17, 15) is 13.2 Å². The smallest absolute Gasteiger partial charge is 0.268 e. The van der Waals surface area contributed by atoms with Crippen LogP contribution in [0.25, 0.3) is 16.5 Å². The van der Waals surface area contributed by atoms with Crippen LogP contribution in [0, 0.1) is 23.7 Å². The molecule has 0 radical (unpaired) electrons. The van der Waals surface area contributed by atoms with E-state index < -0.39 is 15.9 Å². The number of aryl methyl sites for hydroxylation is 1. The number of carbonyl (C=O) groups excluding carboxylic acids is 1. The predicted octanol–water partition coefficient (Wildman–Crippen LogP) is 10.4. The number of ether oxygens (including phenoxy) is 2. The van der Waals surface area contributed by atoms with Gasteiger partial charge in [0, 0.05) is 84.2 Å². The van der Waals surface area contributed by atoms with Gasteiger partial charge in [-0.2, -0.15) is 0 Å². The van der Waals surface area contributed by atoms with Crippen LogP contribution < -0.4 is 19.7 Å². The first-order valence-corrected chi connectivity index (χ1v) is 24.0. The number of nitrogens with one attached hydrogen (secondary N) is 3. The first-order chi connectivity index (χ1) is 29.8. The minimum Gasteiger partial charge on any atom is -0.456 e. The fourth-order valence-corrected chi connectivity index (χ4v) is 10.9. The zero-order chi connectivity index (χ0) is 43.1. The minimum atomic E-state index is -4.21. The predicted molar refractivity (Wildman–Crippen MR) is 249 cm³/mol. The van der Waals surface area contributed by atoms with Crippen molar-refractivity contribution in [1.29, 1.82) is 0 Å². The van der Waals surface area contributed by atoms with E-state index >= 15 is 0 Å². The fraction of sp³-hybridized carbons (Fsp3) is 0.420. The minimum absolute atomic E-state index is 0.0290. The normalized spacial score (nSPS) is 19.4. The van der Waals surface area contributed by atoms with Crippen LogP contribution in [0.2, 0.25) is 5.02 Å². The number of H-pyrrole nitrogens is 1. The molecule has 12 heteroatoms. The zero-order valence-electron chi connectivity index (χ0n) is 36.1. The van der Waals surface area contributed by atoms with Crippen molar-refractivity contribution in [3.05, 3.63) is 118 Å². The number of carbonyl (C=O) groups is 1. The third-order valence-electron chi connectivity index (χ3n) is 13.8. The van der Waals surface area contributed by atoms with Crippen molar-refractivity contribution in [1.82, 2.24) is 14.6 Å². The van der Waals surface area contributed by atoms with Crippen molar-refractivity contribution in [2.45, 2.75) is 70.6 Å². The highest BCUT2D eigenvalue weighted by atomic mass is 35.5. The lowest BCUT2D eigenvalue weighted by Crippen LogP contribution is -2.47. The van der Waals surface area contributed by atoms with Gasteiger partial charge in [-0.1, -0.05) is 43.2 Å². The molecular formula is C50H58ClN5O5S. The van der Waals surface area contributed by atoms with E-state index in [2.05, 4.69) is 50.8 Å². The van der Waals surface area contributed by atoms with E-state index in [4.69, 9.17) is 21.1 Å². The number of anilines is 2. The van der Waals surface area contributed by atoms with Crippen LogP contribution in [-0.2, 0) is 14.8 Å². The van der Waals surface area contributed by atoms with E-state index in [-0.39, 0.29) is 21.6 Å². The lowest BCUT2D eigenvalue weighted by atomic mass is 9.69. The molecule has 0 atom stereocenters. The van der Waals surface area contributed by atoms with Gasteiger partial charge in [-0.25, -0.2) is 13.1 Å². The Bertz CT molecular complexity index is 2580. The maximum Gasteiger partial charge on any atom is 0.268 e. The Morgan fingerprint density at radius 1 is 0.919 bits per heavy atom. The molecule has 0 bridgehead atoms. The summed E-state index contributed by atoms with van der Waals surface area (Å²) in [5.74, 6) is 0.642. The summed E-state index contributed by atoms with van der Waals surface area (Å²) in [5.41, 5.74) is 8.58. The molecule has 3 N–H and O–H groups in total. The first-order valence-electron chi connectivity index (χ1n) is 22.1. The van der Waals surface area contributed by atoms with E-state index in [0.29, 0.717) is 17.1 Å². The highest BCUT2D eigenvalue weighted by molar-refractivity contribution is 7.90. The van der Waals surface area contributed by atoms with E-state index in [1.54, 1.807) is 24.3 Å². The van der Waals surface area contributed by atoms with Crippen LogP contribution in [0.4, 0.5) is 11.4 Å². The number of hydrogen-bond acceptors (Lipinski definition) is 8. The third kappa shape index (κ3) is 9.42. The summed E-state index contributed by atoms with van der Waals surface area (Å²) < 4.78 is 41.8. The molecule has 2 saturated heterocycles. The molecular weight excluding hydrogens is 818 g/mol. The van der Waals surface area contributed by atoms with Gasteiger partial charge in [0.05, 0.1) is 23.7 Å². The largest absolute Gasteiger partial charge is 0.456 e.